The topological polar surface area (TPSA) is 91.1 Å². The smallest absolute Gasteiger partial charge is 0.224 e. The Balaban J connectivity index is 0.00000200. The summed E-state index contributed by atoms with van der Waals surface area (Å²) in [4.78, 5) is 11.9. The van der Waals surface area contributed by atoms with Crippen molar-refractivity contribution in [1.29, 1.82) is 0 Å². The van der Waals surface area contributed by atoms with Crippen molar-refractivity contribution in [1.82, 2.24) is 10.6 Å². The summed E-state index contributed by atoms with van der Waals surface area (Å²) in [5, 5.41) is 6.20. The minimum Gasteiger partial charge on any atom is -0.412 e. The molecule has 2 aliphatic heterocycles. The maximum atomic E-state index is 11.9. The fourth-order valence-corrected chi connectivity index (χ4v) is 2.52. The third kappa shape index (κ3) is 5.36. The van der Waals surface area contributed by atoms with E-state index in [9.17, 15) is 4.79 Å². The summed E-state index contributed by atoms with van der Waals surface area (Å²) in [6.45, 7) is 7.03. The van der Waals surface area contributed by atoms with E-state index in [0.29, 0.717) is 6.54 Å². The van der Waals surface area contributed by atoms with Gasteiger partial charge in [-0.2, -0.15) is 0 Å². The minimum absolute atomic E-state index is 0. The van der Waals surface area contributed by atoms with Crippen LogP contribution in [0.25, 0.3) is 0 Å². The van der Waals surface area contributed by atoms with Crippen molar-refractivity contribution >= 4 is 5.91 Å². The monoisotopic (exact) mass is 288 g/mol. The molecule has 0 aromatic carbocycles. The van der Waals surface area contributed by atoms with Gasteiger partial charge in [-0.15, -0.1) is 0 Å². The van der Waals surface area contributed by atoms with Gasteiger partial charge in [0, 0.05) is 19.7 Å². The van der Waals surface area contributed by atoms with Crippen LogP contribution in [0.5, 0.6) is 0 Å². The average molecular weight is 288 g/mol. The molecule has 20 heavy (non-hydrogen) atoms. The predicted octanol–water partition coefficient (Wildman–Crippen LogP) is 0.209. The number of hydrogen-bond acceptors (Lipinski definition) is 4. The van der Waals surface area contributed by atoms with Gasteiger partial charge < -0.3 is 25.6 Å². The highest BCUT2D eigenvalue weighted by atomic mass is 16.7. The number of nitrogens with one attached hydrogen (secondary N) is 2. The molecule has 2 aliphatic rings. The number of rotatable bonds is 5. The lowest BCUT2D eigenvalue weighted by molar-refractivity contribution is -0.214. The molecule has 0 aromatic heterocycles. The lowest BCUT2D eigenvalue weighted by atomic mass is 10.1. The van der Waals surface area contributed by atoms with Gasteiger partial charge in [0.25, 0.3) is 0 Å². The zero-order valence-electron chi connectivity index (χ0n) is 12.5. The van der Waals surface area contributed by atoms with E-state index < -0.39 is 0 Å². The third-order valence-electron chi connectivity index (χ3n) is 3.71. The van der Waals surface area contributed by atoms with Crippen LogP contribution in [-0.2, 0) is 14.3 Å². The zero-order valence-corrected chi connectivity index (χ0v) is 12.5. The van der Waals surface area contributed by atoms with Crippen LogP contribution in [0.2, 0.25) is 0 Å². The number of amides is 1. The Morgan fingerprint density at radius 1 is 1.40 bits per heavy atom. The van der Waals surface area contributed by atoms with E-state index in [2.05, 4.69) is 10.6 Å². The van der Waals surface area contributed by atoms with Gasteiger partial charge in [-0.05, 0) is 46.1 Å². The molecule has 2 heterocycles. The van der Waals surface area contributed by atoms with Crippen LogP contribution in [0.15, 0.2) is 0 Å². The molecule has 0 bridgehead atoms. The van der Waals surface area contributed by atoms with Gasteiger partial charge in [-0.3, -0.25) is 4.79 Å². The fraction of sp³-hybridized carbons (Fsp3) is 0.929. The standard InChI is InChI=1S/C14H26N2O3.H2O/c1-14(2,19-12-5-3-4-8-18-12)10-16-13(17)11-6-7-15-9-11;/h11-12,15H,3-10H2,1-2H3,(H,16,17);1H2/t11-,12?;/m0./s1. The summed E-state index contributed by atoms with van der Waals surface area (Å²) in [6, 6.07) is 0. The van der Waals surface area contributed by atoms with E-state index in [0.717, 1.165) is 45.4 Å². The molecule has 2 saturated heterocycles. The van der Waals surface area contributed by atoms with Crippen LogP contribution in [0, 0.1) is 5.92 Å². The molecule has 6 nitrogen and oxygen atoms in total. The maximum absolute atomic E-state index is 11.9. The summed E-state index contributed by atoms with van der Waals surface area (Å²) >= 11 is 0. The largest absolute Gasteiger partial charge is 0.412 e. The van der Waals surface area contributed by atoms with Gasteiger partial charge in [0.15, 0.2) is 6.29 Å². The molecule has 0 radical (unpaired) electrons. The molecular weight excluding hydrogens is 260 g/mol. The lowest BCUT2D eigenvalue weighted by Gasteiger charge is -2.33. The molecule has 1 amide bonds. The molecular formula is C14H28N2O4. The van der Waals surface area contributed by atoms with Crippen molar-refractivity contribution in [3.8, 4) is 0 Å². The Labute approximate surface area is 120 Å². The molecule has 1 unspecified atom stereocenters. The molecule has 4 N–H and O–H groups in total. The lowest BCUT2D eigenvalue weighted by Crippen LogP contribution is -2.45. The van der Waals surface area contributed by atoms with Crippen molar-refractivity contribution in [2.75, 3.05) is 26.2 Å². The van der Waals surface area contributed by atoms with Crippen molar-refractivity contribution in [2.24, 2.45) is 5.92 Å². The summed E-state index contributed by atoms with van der Waals surface area (Å²) in [5.74, 6) is 0.243. The van der Waals surface area contributed by atoms with Gasteiger partial charge >= 0.3 is 0 Å². The van der Waals surface area contributed by atoms with Crippen molar-refractivity contribution in [2.45, 2.75) is 51.4 Å². The molecule has 2 atom stereocenters. The van der Waals surface area contributed by atoms with Gasteiger partial charge in [0.1, 0.15) is 0 Å². The minimum atomic E-state index is -0.385. The Morgan fingerprint density at radius 2 is 2.20 bits per heavy atom. The second kappa shape index (κ2) is 7.93. The van der Waals surface area contributed by atoms with Gasteiger partial charge in [-0.25, -0.2) is 0 Å². The van der Waals surface area contributed by atoms with Crippen molar-refractivity contribution < 1.29 is 19.7 Å². The first-order valence-corrected chi connectivity index (χ1v) is 7.35. The van der Waals surface area contributed by atoms with Crippen molar-refractivity contribution in [3.05, 3.63) is 0 Å². The molecule has 2 rings (SSSR count). The van der Waals surface area contributed by atoms with E-state index in [1.165, 1.54) is 0 Å². The predicted molar refractivity (Wildman–Crippen MR) is 76.4 cm³/mol. The second-order valence-corrected chi connectivity index (χ2v) is 6.08. The van der Waals surface area contributed by atoms with Crippen LogP contribution in [0.3, 0.4) is 0 Å². The van der Waals surface area contributed by atoms with Gasteiger partial charge in [0.2, 0.25) is 5.91 Å². The molecule has 0 spiro atoms. The first-order valence-electron chi connectivity index (χ1n) is 7.35. The van der Waals surface area contributed by atoms with Gasteiger partial charge in [0.05, 0.1) is 11.5 Å². The highest BCUT2D eigenvalue weighted by Gasteiger charge is 2.28. The summed E-state index contributed by atoms with van der Waals surface area (Å²) in [7, 11) is 0. The van der Waals surface area contributed by atoms with Crippen molar-refractivity contribution in [3.63, 3.8) is 0 Å². The van der Waals surface area contributed by atoms with Crippen LogP contribution < -0.4 is 10.6 Å². The summed E-state index contributed by atoms with van der Waals surface area (Å²) in [6.07, 6.45) is 4.03. The summed E-state index contributed by atoms with van der Waals surface area (Å²) < 4.78 is 11.5. The van der Waals surface area contributed by atoms with E-state index in [1.54, 1.807) is 0 Å². The fourth-order valence-electron chi connectivity index (χ4n) is 2.52. The molecule has 0 saturated carbocycles. The third-order valence-corrected chi connectivity index (χ3v) is 3.71. The van der Waals surface area contributed by atoms with Crippen LogP contribution in [-0.4, -0.2) is 49.5 Å². The first kappa shape index (κ1) is 17.4. The number of hydrogen-bond donors (Lipinski definition) is 2. The van der Waals surface area contributed by atoms with Crippen LogP contribution >= 0.6 is 0 Å². The van der Waals surface area contributed by atoms with E-state index >= 15 is 0 Å². The SMILES string of the molecule is CC(C)(CNC(=O)[C@H]1CCNC1)OC1CCCCO1.O. The van der Waals surface area contributed by atoms with Gasteiger partial charge in [-0.1, -0.05) is 0 Å². The first-order chi connectivity index (χ1) is 9.07. The molecule has 0 aromatic rings. The number of carbonyl (C=O) groups is 1. The summed E-state index contributed by atoms with van der Waals surface area (Å²) in [5.41, 5.74) is -0.385. The van der Waals surface area contributed by atoms with E-state index in [-0.39, 0.29) is 29.2 Å². The van der Waals surface area contributed by atoms with Crippen LogP contribution in [0.4, 0.5) is 0 Å². The normalized spacial score (nSPS) is 26.9. The highest BCUT2D eigenvalue weighted by Crippen LogP contribution is 2.20. The molecule has 118 valence electrons. The van der Waals surface area contributed by atoms with Crippen LogP contribution in [0.1, 0.15) is 39.5 Å². The quantitative estimate of drug-likeness (QED) is 0.756. The highest BCUT2D eigenvalue weighted by molar-refractivity contribution is 5.79. The molecule has 2 fully saturated rings. The Bertz CT molecular complexity index is 298. The molecule has 0 aliphatic carbocycles. The average Bonchev–Trinajstić information content (AvgIpc) is 2.91. The van der Waals surface area contributed by atoms with E-state index in [4.69, 9.17) is 9.47 Å². The number of carbonyl (C=O) groups excluding carboxylic acids is 1. The molecule has 6 heteroatoms. The Hall–Kier alpha value is -0.690. The number of ether oxygens (including phenoxy) is 2. The second-order valence-electron chi connectivity index (χ2n) is 6.08. The maximum Gasteiger partial charge on any atom is 0.224 e. The zero-order chi connectivity index (χ0) is 13.7. The Kier molecular flexibility index (Phi) is 6.88. The van der Waals surface area contributed by atoms with E-state index in [1.807, 2.05) is 13.8 Å². The Morgan fingerprint density at radius 3 is 2.80 bits per heavy atom.